The average molecular weight is 289 g/mol. The molecule has 0 spiro atoms. The van der Waals surface area contributed by atoms with Crippen LogP contribution in [0, 0.1) is 11.3 Å². The standard InChI is InChI=1S/C13H11N3OS2/c14-7-9-5-6-18-13(9)16-12(17)8-19-11-4-2-1-3-10(11)15/h1-6H,8,15H2,(H,16,17). The number of thioether (sulfide) groups is 1. The zero-order valence-corrected chi connectivity index (χ0v) is 11.6. The van der Waals surface area contributed by atoms with E-state index in [-0.39, 0.29) is 11.7 Å². The van der Waals surface area contributed by atoms with Gasteiger partial charge >= 0.3 is 0 Å². The number of nitrogens with zero attached hydrogens (tertiary/aromatic N) is 1. The number of amides is 1. The van der Waals surface area contributed by atoms with Crippen LogP contribution in [-0.2, 0) is 4.79 Å². The number of carbonyl (C=O) groups excluding carboxylic acids is 1. The molecule has 0 fully saturated rings. The Labute approximate surface area is 119 Å². The molecule has 0 saturated carbocycles. The van der Waals surface area contributed by atoms with Crippen LogP contribution >= 0.6 is 23.1 Å². The lowest BCUT2D eigenvalue weighted by molar-refractivity contribution is -0.113. The largest absolute Gasteiger partial charge is 0.398 e. The highest BCUT2D eigenvalue weighted by molar-refractivity contribution is 8.00. The number of thiophene rings is 1. The Morgan fingerprint density at radius 2 is 2.21 bits per heavy atom. The number of nitrogens with two attached hydrogens (primary N) is 1. The molecule has 0 aliphatic heterocycles. The maximum Gasteiger partial charge on any atom is 0.235 e. The minimum Gasteiger partial charge on any atom is -0.398 e. The van der Waals surface area contributed by atoms with Crippen molar-refractivity contribution in [1.29, 1.82) is 5.26 Å². The predicted molar refractivity (Wildman–Crippen MR) is 79.2 cm³/mol. The maximum absolute atomic E-state index is 11.8. The maximum atomic E-state index is 11.8. The minimum atomic E-state index is -0.146. The number of rotatable bonds is 4. The van der Waals surface area contributed by atoms with Gasteiger partial charge in [-0.25, -0.2) is 0 Å². The van der Waals surface area contributed by atoms with E-state index in [0.717, 1.165) is 4.90 Å². The molecule has 0 aliphatic rings. The fourth-order valence-electron chi connectivity index (χ4n) is 1.41. The second-order valence-electron chi connectivity index (χ2n) is 3.65. The first kappa shape index (κ1) is 13.5. The van der Waals surface area contributed by atoms with Crippen LogP contribution < -0.4 is 11.1 Å². The van der Waals surface area contributed by atoms with Gasteiger partial charge in [0.05, 0.1) is 11.3 Å². The Hall–Kier alpha value is -1.97. The van der Waals surface area contributed by atoms with Crippen molar-refractivity contribution in [1.82, 2.24) is 0 Å². The van der Waals surface area contributed by atoms with Gasteiger partial charge in [0.1, 0.15) is 11.1 Å². The summed E-state index contributed by atoms with van der Waals surface area (Å²) in [5.74, 6) is 0.115. The van der Waals surface area contributed by atoms with Crippen LogP contribution in [-0.4, -0.2) is 11.7 Å². The topological polar surface area (TPSA) is 78.9 Å². The number of hydrogen-bond acceptors (Lipinski definition) is 5. The molecule has 19 heavy (non-hydrogen) atoms. The summed E-state index contributed by atoms with van der Waals surface area (Å²) in [5, 5.41) is 13.9. The summed E-state index contributed by atoms with van der Waals surface area (Å²) >= 11 is 2.71. The smallest absolute Gasteiger partial charge is 0.235 e. The SMILES string of the molecule is N#Cc1ccsc1NC(=O)CSc1ccccc1N. The summed E-state index contributed by atoms with van der Waals surface area (Å²) < 4.78 is 0. The third-order valence-electron chi connectivity index (χ3n) is 2.32. The lowest BCUT2D eigenvalue weighted by Gasteiger charge is -2.05. The van der Waals surface area contributed by atoms with Gasteiger partial charge in [0, 0.05) is 10.6 Å². The Morgan fingerprint density at radius 3 is 2.95 bits per heavy atom. The highest BCUT2D eigenvalue weighted by Gasteiger charge is 2.09. The number of nitrogens with one attached hydrogen (secondary N) is 1. The van der Waals surface area contributed by atoms with Crippen molar-refractivity contribution in [2.45, 2.75) is 4.90 Å². The molecule has 2 rings (SSSR count). The molecule has 0 atom stereocenters. The molecule has 1 heterocycles. The van der Waals surface area contributed by atoms with Gasteiger partial charge in [-0.2, -0.15) is 5.26 Å². The van der Waals surface area contributed by atoms with E-state index in [4.69, 9.17) is 11.0 Å². The third-order valence-corrected chi connectivity index (χ3v) is 4.24. The van der Waals surface area contributed by atoms with Gasteiger partial charge < -0.3 is 11.1 Å². The predicted octanol–water partition coefficient (Wildman–Crippen LogP) is 2.93. The molecule has 1 aromatic heterocycles. The Bertz CT molecular complexity index is 631. The number of para-hydroxylation sites is 1. The fraction of sp³-hybridized carbons (Fsp3) is 0.0769. The van der Waals surface area contributed by atoms with Gasteiger partial charge in [0.2, 0.25) is 5.91 Å². The van der Waals surface area contributed by atoms with Crippen molar-refractivity contribution in [3.63, 3.8) is 0 Å². The van der Waals surface area contributed by atoms with Gasteiger partial charge in [-0.15, -0.1) is 23.1 Å². The van der Waals surface area contributed by atoms with Crippen molar-refractivity contribution in [3.8, 4) is 6.07 Å². The van der Waals surface area contributed by atoms with E-state index in [0.29, 0.717) is 16.3 Å². The first-order chi connectivity index (χ1) is 9.20. The van der Waals surface area contributed by atoms with Crippen molar-refractivity contribution >= 4 is 39.7 Å². The van der Waals surface area contributed by atoms with Crippen molar-refractivity contribution in [2.75, 3.05) is 16.8 Å². The number of hydrogen-bond donors (Lipinski definition) is 2. The van der Waals surface area contributed by atoms with Crippen molar-refractivity contribution in [2.24, 2.45) is 0 Å². The van der Waals surface area contributed by atoms with Gasteiger partial charge in [-0.3, -0.25) is 4.79 Å². The molecular weight excluding hydrogens is 278 g/mol. The zero-order valence-electron chi connectivity index (χ0n) is 9.92. The van der Waals surface area contributed by atoms with Crippen LogP contribution in [0.3, 0.4) is 0 Å². The van der Waals surface area contributed by atoms with E-state index >= 15 is 0 Å². The summed E-state index contributed by atoms with van der Waals surface area (Å²) in [6.45, 7) is 0. The Balaban J connectivity index is 1.93. The number of anilines is 2. The molecule has 0 bridgehead atoms. The summed E-state index contributed by atoms with van der Waals surface area (Å²) in [4.78, 5) is 12.7. The molecular formula is C13H11N3OS2. The monoisotopic (exact) mass is 289 g/mol. The number of carbonyl (C=O) groups is 1. The highest BCUT2D eigenvalue weighted by atomic mass is 32.2. The van der Waals surface area contributed by atoms with Gasteiger partial charge in [-0.1, -0.05) is 12.1 Å². The molecule has 6 heteroatoms. The molecule has 1 aromatic carbocycles. The molecule has 0 radical (unpaired) electrons. The first-order valence-electron chi connectivity index (χ1n) is 5.45. The molecule has 0 saturated heterocycles. The zero-order chi connectivity index (χ0) is 13.7. The van der Waals surface area contributed by atoms with E-state index in [9.17, 15) is 4.79 Å². The minimum absolute atomic E-state index is 0.146. The van der Waals surface area contributed by atoms with Gasteiger partial charge in [0.15, 0.2) is 0 Å². The Kier molecular flexibility index (Phi) is 4.44. The molecule has 1 amide bonds. The van der Waals surface area contributed by atoms with E-state index in [1.54, 1.807) is 17.5 Å². The molecule has 4 nitrogen and oxygen atoms in total. The van der Waals surface area contributed by atoms with Crippen LogP contribution in [0.5, 0.6) is 0 Å². The third kappa shape index (κ3) is 3.50. The van der Waals surface area contributed by atoms with Crippen LogP contribution in [0.1, 0.15) is 5.56 Å². The summed E-state index contributed by atoms with van der Waals surface area (Å²) in [7, 11) is 0. The molecule has 96 valence electrons. The van der Waals surface area contributed by atoms with Gasteiger partial charge in [-0.05, 0) is 23.6 Å². The van der Waals surface area contributed by atoms with Crippen LogP contribution in [0.2, 0.25) is 0 Å². The van der Waals surface area contributed by atoms with Crippen LogP contribution in [0.4, 0.5) is 10.7 Å². The van der Waals surface area contributed by atoms with Crippen molar-refractivity contribution < 1.29 is 4.79 Å². The number of nitrogen functional groups attached to an aromatic ring is 1. The number of nitriles is 1. The molecule has 0 unspecified atom stereocenters. The van der Waals surface area contributed by atoms with E-state index < -0.39 is 0 Å². The summed E-state index contributed by atoms with van der Waals surface area (Å²) in [6, 6.07) is 11.1. The molecule has 2 aromatic rings. The van der Waals surface area contributed by atoms with Crippen LogP contribution in [0.15, 0.2) is 40.6 Å². The van der Waals surface area contributed by atoms with Crippen LogP contribution in [0.25, 0.3) is 0 Å². The highest BCUT2D eigenvalue weighted by Crippen LogP contribution is 2.26. The Morgan fingerprint density at radius 1 is 1.42 bits per heavy atom. The summed E-state index contributed by atoms with van der Waals surface area (Å²) in [6.07, 6.45) is 0. The number of benzene rings is 1. The molecule has 0 aliphatic carbocycles. The van der Waals surface area contributed by atoms with Crippen molar-refractivity contribution in [3.05, 3.63) is 41.3 Å². The quantitative estimate of drug-likeness (QED) is 0.670. The second kappa shape index (κ2) is 6.27. The van der Waals surface area contributed by atoms with E-state index in [1.807, 2.05) is 24.3 Å². The molecule has 3 N–H and O–H groups in total. The lowest BCUT2D eigenvalue weighted by Crippen LogP contribution is -2.13. The first-order valence-corrected chi connectivity index (χ1v) is 7.32. The second-order valence-corrected chi connectivity index (χ2v) is 5.58. The lowest BCUT2D eigenvalue weighted by atomic mass is 10.3. The van der Waals surface area contributed by atoms with E-state index in [1.165, 1.54) is 23.1 Å². The summed E-state index contributed by atoms with van der Waals surface area (Å²) in [5.41, 5.74) is 6.94. The normalized spacial score (nSPS) is 9.84. The average Bonchev–Trinajstić information content (AvgIpc) is 2.85. The van der Waals surface area contributed by atoms with Gasteiger partial charge in [0.25, 0.3) is 0 Å². The fourth-order valence-corrected chi connectivity index (χ4v) is 2.93. The van der Waals surface area contributed by atoms with E-state index in [2.05, 4.69) is 5.32 Å².